The van der Waals surface area contributed by atoms with Gasteiger partial charge in [0, 0.05) is 23.8 Å². The van der Waals surface area contributed by atoms with Gasteiger partial charge in [-0.2, -0.15) is 9.69 Å². The van der Waals surface area contributed by atoms with E-state index < -0.39 is 32.1 Å². The van der Waals surface area contributed by atoms with Crippen molar-refractivity contribution in [2.24, 2.45) is 4.99 Å². The second-order valence-electron chi connectivity index (χ2n) is 9.57. The van der Waals surface area contributed by atoms with Crippen molar-refractivity contribution in [2.75, 3.05) is 9.73 Å². The third-order valence-electron chi connectivity index (χ3n) is 6.66. The number of aromatic nitrogens is 2. The number of sulfonamides is 1. The average molecular weight is 665 g/mol. The number of furan rings is 1. The number of carbonyl (C=O) groups is 1. The Morgan fingerprint density at radius 2 is 1.71 bits per heavy atom. The van der Waals surface area contributed by atoms with Crippen LogP contribution >= 0.6 is 23.2 Å². The standard InChI is InChI=1S/C29H18Cl2N6O7S/c1-16-32-24-10-9-20(45(42,43)34-26-22(30)12-18(37(40)41)13-23(26)31)15-21(24)28(38)35(16)36-27(17-6-3-2-4-7-17)33-25(29(36)39)14-19-8-5-11-44-19/h2-15,34H,1H3. The molecule has 6 rings (SSSR count). The first kappa shape index (κ1) is 29.7. The predicted molar refractivity (Wildman–Crippen MR) is 168 cm³/mol. The lowest BCUT2D eigenvalue weighted by Crippen LogP contribution is -2.49. The number of halogens is 2. The summed E-state index contributed by atoms with van der Waals surface area (Å²) in [5.41, 5.74) is -0.791. The van der Waals surface area contributed by atoms with E-state index in [2.05, 4.69) is 14.7 Å². The molecule has 3 heterocycles. The van der Waals surface area contributed by atoms with E-state index in [-0.39, 0.29) is 48.9 Å². The van der Waals surface area contributed by atoms with Crippen molar-refractivity contribution in [1.82, 2.24) is 9.66 Å². The van der Waals surface area contributed by atoms with Crippen LogP contribution in [0.1, 0.15) is 17.1 Å². The number of carbonyl (C=O) groups excluding carboxylic acids is 1. The summed E-state index contributed by atoms with van der Waals surface area (Å²) in [7, 11) is -4.43. The highest BCUT2D eigenvalue weighted by molar-refractivity contribution is 7.92. The number of hydrogen-bond donors (Lipinski definition) is 1. The number of nitro benzene ring substituents is 1. The Labute approximate surface area is 263 Å². The van der Waals surface area contributed by atoms with Crippen molar-refractivity contribution >= 4 is 73.3 Å². The SMILES string of the molecule is Cc1nc2ccc(S(=O)(=O)Nc3c(Cl)cc([N+](=O)[O-])cc3Cl)cc2c(=O)n1N1C(=O)C(=Cc2ccco2)N=C1c1ccccc1. The minimum atomic E-state index is -4.43. The molecule has 0 atom stereocenters. The highest BCUT2D eigenvalue weighted by Gasteiger charge is 2.35. The molecule has 0 saturated carbocycles. The molecule has 1 N–H and O–H groups in total. The van der Waals surface area contributed by atoms with Crippen LogP contribution in [-0.4, -0.2) is 34.7 Å². The van der Waals surface area contributed by atoms with Crippen LogP contribution in [0.25, 0.3) is 17.0 Å². The average Bonchev–Trinajstić information content (AvgIpc) is 3.63. The van der Waals surface area contributed by atoms with Crippen molar-refractivity contribution in [3.8, 4) is 0 Å². The smallest absolute Gasteiger partial charge is 0.297 e. The predicted octanol–water partition coefficient (Wildman–Crippen LogP) is 5.28. The molecule has 13 nitrogen and oxygen atoms in total. The fraction of sp³-hybridized carbons (Fsp3) is 0.0345. The van der Waals surface area contributed by atoms with E-state index in [1.807, 2.05) is 0 Å². The van der Waals surface area contributed by atoms with Crippen molar-refractivity contribution in [1.29, 1.82) is 0 Å². The summed E-state index contributed by atoms with van der Waals surface area (Å²) in [6.45, 7) is 1.52. The first-order valence-corrected chi connectivity index (χ1v) is 15.1. The van der Waals surface area contributed by atoms with Crippen molar-refractivity contribution < 1.29 is 22.6 Å². The molecule has 1 amide bonds. The van der Waals surface area contributed by atoms with Gasteiger partial charge in [0.1, 0.15) is 17.3 Å². The summed E-state index contributed by atoms with van der Waals surface area (Å²) < 4.78 is 35.3. The van der Waals surface area contributed by atoms with Gasteiger partial charge >= 0.3 is 0 Å². The lowest BCUT2D eigenvalue weighted by atomic mass is 10.2. The van der Waals surface area contributed by atoms with Crippen molar-refractivity contribution in [3.63, 3.8) is 0 Å². The molecule has 0 fully saturated rings. The molecular formula is C29H18Cl2N6O7S. The van der Waals surface area contributed by atoms with Gasteiger partial charge in [-0.15, -0.1) is 0 Å². The molecule has 0 saturated heterocycles. The summed E-state index contributed by atoms with van der Waals surface area (Å²) in [6.07, 6.45) is 2.88. The number of benzene rings is 3. The number of aryl methyl sites for hydroxylation is 1. The quantitative estimate of drug-likeness (QED) is 0.139. The molecule has 2 aromatic heterocycles. The maximum Gasteiger partial charge on any atom is 0.297 e. The lowest BCUT2D eigenvalue weighted by molar-refractivity contribution is -0.384. The number of rotatable bonds is 7. The first-order chi connectivity index (χ1) is 21.4. The van der Waals surface area contributed by atoms with Crippen LogP contribution in [0.4, 0.5) is 11.4 Å². The summed E-state index contributed by atoms with van der Waals surface area (Å²) in [5.74, 6) is -0.0169. The molecule has 0 radical (unpaired) electrons. The third-order valence-corrected chi connectivity index (χ3v) is 8.60. The molecule has 3 aromatic carbocycles. The van der Waals surface area contributed by atoms with Crippen LogP contribution in [0, 0.1) is 17.0 Å². The van der Waals surface area contributed by atoms with Gasteiger partial charge in [0.2, 0.25) is 0 Å². The Morgan fingerprint density at radius 1 is 1.00 bits per heavy atom. The molecule has 16 heteroatoms. The number of aliphatic imine (C=N–C) groups is 1. The molecule has 0 spiro atoms. The minimum absolute atomic E-state index is 0.00687. The monoisotopic (exact) mass is 664 g/mol. The Balaban J connectivity index is 1.46. The van der Waals surface area contributed by atoms with Gasteiger partial charge < -0.3 is 4.42 Å². The van der Waals surface area contributed by atoms with E-state index in [4.69, 9.17) is 27.6 Å². The van der Waals surface area contributed by atoms with Crippen LogP contribution in [0.3, 0.4) is 0 Å². The minimum Gasteiger partial charge on any atom is -0.465 e. The number of amides is 1. The second-order valence-corrected chi connectivity index (χ2v) is 12.1. The number of hydrogen-bond acceptors (Lipinski definition) is 9. The van der Waals surface area contributed by atoms with Crippen molar-refractivity contribution in [2.45, 2.75) is 11.8 Å². The number of amidine groups is 1. The van der Waals surface area contributed by atoms with E-state index in [1.54, 1.807) is 42.5 Å². The first-order valence-electron chi connectivity index (χ1n) is 12.9. The number of nitrogens with one attached hydrogen (secondary N) is 1. The van der Waals surface area contributed by atoms with Gasteiger partial charge in [0.25, 0.3) is 27.2 Å². The van der Waals surface area contributed by atoms with Gasteiger partial charge in [-0.3, -0.25) is 24.4 Å². The largest absolute Gasteiger partial charge is 0.465 e. The fourth-order valence-corrected chi connectivity index (χ4v) is 6.41. The Kier molecular flexibility index (Phi) is 7.48. The molecule has 1 aliphatic heterocycles. The number of non-ortho nitro benzene ring substituents is 1. The molecule has 0 unspecified atom stereocenters. The molecule has 0 bridgehead atoms. The zero-order valence-corrected chi connectivity index (χ0v) is 25.2. The maximum absolute atomic E-state index is 14.0. The zero-order chi connectivity index (χ0) is 32.0. The molecule has 5 aromatic rings. The maximum atomic E-state index is 14.0. The van der Waals surface area contributed by atoms with Crippen LogP contribution < -0.4 is 15.3 Å². The van der Waals surface area contributed by atoms with Gasteiger partial charge in [-0.1, -0.05) is 53.5 Å². The highest BCUT2D eigenvalue weighted by Crippen LogP contribution is 2.36. The second kappa shape index (κ2) is 11.3. The lowest BCUT2D eigenvalue weighted by Gasteiger charge is -2.22. The van der Waals surface area contributed by atoms with Crippen LogP contribution in [0.2, 0.25) is 10.0 Å². The van der Waals surface area contributed by atoms with E-state index in [0.717, 1.165) is 27.9 Å². The molecule has 0 aliphatic carbocycles. The topological polar surface area (TPSA) is 170 Å². The number of anilines is 1. The highest BCUT2D eigenvalue weighted by atomic mass is 35.5. The molecule has 226 valence electrons. The third kappa shape index (κ3) is 5.46. The molecular weight excluding hydrogens is 647 g/mol. The van der Waals surface area contributed by atoms with Gasteiger partial charge in [0.15, 0.2) is 5.84 Å². The van der Waals surface area contributed by atoms with Crippen LogP contribution in [0.15, 0.2) is 104 Å². The summed E-state index contributed by atoms with van der Waals surface area (Å²) in [6, 6.07) is 17.5. The normalized spacial score (nSPS) is 14.3. The van der Waals surface area contributed by atoms with Gasteiger partial charge in [-0.05, 0) is 37.3 Å². The van der Waals surface area contributed by atoms with Gasteiger partial charge in [-0.25, -0.2) is 18.4 Å². The Bertz CT molecular complexity index is 2240. The Hall–Kier alpha value is -5.31. The molecule has 45 heavy (non-hydrogen) atoms. The van der Waals surface area contributed by atoms with E-state index in [0.29, 0.717) is 11.3 Å². The number of nitro groups is 1. The number of fused-ring (bicyclic) bond motifs is 1. The van der Waals surface area contributed by atoms with Gasteiger partial charge in [0.05, 0.1) is 42.7 Å². The summed E-state index contributed by atoms with van der Waals surface area (Å²) >= 11 is 12.2. The Morgan fingerprint density at radius 3 is 2.36 bits per heavy atom. The van der Waals surface area contributed by atoms with E-state index in [9.17, 15) is 28.1 Å². The fourth-order valence-electron chi connectivity index (χ4n) is 4.60. The zero-order valence-electron chi connectivity index (χ0n) is 22.8. The van der Waals surface area contributed by atoms with Crippen LogP contribution in [0.5, 0.6) is 0 Å². The number of nitrogens with zero attached hydrogens (tertiary/aromatic N) is 5. The summed E-state index contributed by atoms with van der Waals surface area (Å²) in [4.78, 5) is 46.8. The molecule has 1 aliphatic rings. The van der Waals surface area contributed by atoms with E-state index in [1.165, 1.54) is 31.4 Å². The van der Waals surface area contributed by atoms with Crippen LogP contribution in [-0.2, 0) is 14.8 Å². The van der Waals surface area contributed by atoms with Crippen molar-refractivity contribution in [3.05, 3.63) is 132 Å². The summed E-state index contributed by atoms with van der Waals surface area (Å²) in [5, 5.41) is 11.4. The van der Waals surface area contributed by atoms with E-state index >= 15 is 0 Å².